The van der Waals surface area contributed by atoms with Gasteiger partial charge in [-0.3, -0.25) is 0 Å². The number of rotatable bonds is 6. The summed E-state index contributed by atoms with van der Waals surface area (Å²) in [6, 6.07) is 10.4. The summed E-state index contributed by atoms with van der Waals surface area (Å²) in [6.45, 7) is 6.26. The molecule has 0 bridgehead atoms. The molecule has 1 aromatic heterocycles. The lowest BCUT2D eigenvalue weighted by molar-refractivity contribution is 0.0529. The van der Waals surface area contributed by atoms with Crippen molar-refractivity contribution in [3.63, 3.8) is 0 Å². The normalized spacial score (nSPS) is 17.6. The summed E-state index contributed by atoms with van der Waals surface area (Å²) in [4.78, 5) is 6.88. The predicted octanol–water partition coefficient (Wildman–Crippen LogP) is 3.37. The van der Waals surface area contributed by atoms with Gasteiger partial charge in [0.1, 0.15) is 11.6 Å². The molecule has 1 aromatic carbocycles. The van der Waals surface area contributed by atoms with Crippen LogP contribution in [0.3, 0.4) is 0 Å². The number of ether oxygens (including phenoxy) is 2. The van der Waals surface area contributed by atoms with Crippen molar-refractivity contribution in [3.05, 3.63) is 52.1 Å². The van der Waals surface area contributed by atoms with Crippen LogP contribution >= 0.6 is 15.9 Å². The first-order valence-electron chi connectivity index (χ1n) is 8.50. The Kier molecular flexibility index (Phi) is 6.29. The van der Waals surface area contributed by atoms with E-state index in [9.17, 15) is 0 Å². The van der Waals surface area contributed by atoms with Gasteiger partial charge in [-0.2, -0.15) is 0 Å². The van der Waals surface area contributed by atoms with Crippen LogP contribution in [0, 0.1) is 0 Å². The van der Waals surface area contributed by atoms with Gasteiger partial charge in [-0.25, -0.2) is 4.98 Å². The predicted molar refractivity (Wildman–Crippen MR) is 103 cm³/mol. The van der Waals surface area contributed by atoms with Crippen LogP contribution in [-0.4, -0.2) is 37.9 Å². The van der Waals surface area contributed by atoms with E-state index in [4.69, 9.17) is 9.47 Å². The molecule has 0 spiro atoms. The zero-order valence-electron chi connectivity index (χ0n) is 14.7. The van der Waals surface area contributed by atoms with Crippen LogP contribution in [0.15, 0.2) is 41.0 Å². The summed E-state index contributed by atoms with van der Waals surface area (Å²) < 4.78 is 11.8. The number of nitrogens with zero attached hydrogens (tertiary/aromatic N) is 2. The van der Waals surface area contributed by atoms with Crippen molar-refractivity contribution < 1.29 is 9.47 Å². The van der Waals surface area contributed by atoms with Gasteiger partial charge in [0.15, 0.2) is 0 Å². The van der Waals surface area contributed by atoms with E-state index in [-0.39, 0.29) is 6.10 Å². The first-order chi connectivity index (χ1) is 12.2. The quantitative estimate of drug-likeness (QED) is 0.797. The van der Waals surface area contributed by atoms with E-state index in [2.05, 4.69) is 62.3 Å². The van der Waals surface area contributed by atoms with Crippen LogP contribution in [0.1, 0.15) is 18.1 Å². The number of benzene rings is 1. The van der Waals surface area contributed by atoms with Gasteiger partial charge in [-0.15, -0.1) is 0 Å². The molecule has 25 heavy (non-hydrogen) atoms. The molecule has 0 radical (unpaired) electrons. The van der Waals surface area contributed by atoms with E-state index in [1.165, 1.54) is 11.1 Å². The van der Waals surface area contributed by atoms with E-state index in [0.29, 0.717) is 0 Å². The molecule has 134 valence electrons. The SMILES string of the molecule is COc1ccc(CNCc2ccc(N3CCOC(C)C3)nc2)cc1Br. The largest absolute Gasteiger partial charge is 0.496 e. The number of halogens is 1. The van der Waals surface area contributed by atoms with Crippen molar-refractivity contribution >= 4 is 21.7 Å². The van der Waals surface area contributed by atoms with Crippen molar-refractivity contribution in [2.24, 2.45) is 0 Å². The molecular formula is C19H24BrN3O2. The maximum atomic E-state index is 5.58. The Bertz CT molecular complexity index is 694. The van der Waals surface area contributed by atoms with Gasteiger partial charge in [-0.05, 0) is 52.2 Å². The molecule has 1 fully saturated rings. The Labute approximate surface area is 157 Å². The number of methoxy groups -OCH3 is 1. The number of aromatic nitrogens is 1. The van der Waals surface area contributed by atoms with Gasteiger partial charge in [0, 0.05) is 32.4 Å². The summed E-state index contributed by atoms with van der Waals surface area (Å²) in [5.74, 6) is 1.87. The fourth-order valence-corrected chi connectivity index (χ4v) is 3.49. The highest BCUT2D eigenvalue weighted by molar-refractivity contribution is 9.10. The molecule has 1 aliphatic heterocycles. The van der Waals surface area contributed by atoms with Gasteiger partial charge < -0.3 is 19.7 Å². The van der Waals surface area contributed by atoms with Crippen molar-refractivity contribution in [1.82, 2.24) is 10.3 Å². The zero-order chi connectivity index (χ0) is 17.6. The minimum atomic E-state index is 0.265. The Balaban J connectivity index is 1.51. The number of morpholine rings is 1. The van der Waals surface area contributed by atoms with Gasteiger partial charge >= 0.3 is 0 Å². The molecule has 1 N–H and O–H groups in total. The summed E-state index contributed by atoms with van der Waals surface area (Å²) in [5.41, 5.74) is 2.39. The summed E-state index contributed by atoms with van der Waals surface area (Å²) >= 11 is 3.52. The van der Waals surface area contributed by atoms with Crippen LogP contribution in [0.4, 0.5) is 5.82 Å². The average molecular weight is 406 g/mol. The Morgan fingerprint density at radius 3 is 2.76 bits per heavy atom. The molecule has 1 unspecified atom stereocenters. The lowest BCUT2D eigenvalue weighted by Crippen LogP contribution is -2.41. The van der Waals surface area contributed by atoms with Crippen LogP contribution in [0.5, 0.6) is 5.75 Å². The molecule has 0 saturated carbocycles. The topological polar surface area (TPSA) is 46.6 Å². The number of pyridine rings is 1. The maximum absolute atomic E-state index is 5.58. The van der Waals surface area contributed by atoms with E-state index in [0.717, 1.165) is 48.8 Å². The smallest absolute Gasteiger partial charge is 0.133 e. The second-order valence-electron chi connectivity index (χ2n) is 6.22. The fraction of sp³-hybridized carbons (Fsp3) is 0.421. The summed E-state index contributed by atoms with van der Waals surface area (Å²) in [6.07, 6.45) is 2.22. The second kappa shape index (κ2) is 8.65. The van der Waals surface area contributed by atoms with Crippen molar-refractivity contribution in [3.8, 4) is 5.75 Å². The Morgan fingerprint density at radius 1 is 1.28 bits per heavy atom. The molecule has 2 heterocycles. The molecule has 5 nitrogen and oxygen atoms in total. The molecule has 1 atom stereocenters. The van der Waals surface area contributed by atoms with E-state index in [1.54, 1.807) is 7.11 Å². The number of anilines is 1. The maximum Gasteiger partial charge on any atom is 0.133 e. The minimum absolute atomic E-state index is 0.265. The van der Waals surface area contributed by atoms with E-state index >= 15 is 0 Å². The standard InChI is InChI=1S/C19H24BrN3O2/c1-14-13-23(7-8-25-14)19-6-4-16(12-22-19)11-21-10-15-3-5-18(24-2)17(20)9-15/h3-6,9,12,14,21H,7-8,10-11,13H2,1-2H3. The first-order valence-corrected chi connectivity index (χ1v) is 9.29. The van der Waals surface area contributed by atoms with Crippen LogP contribution in [0.2, 0.25) is 0 Å². The first kappa shape index (κ1) is 18.2. The highest BCUT2D eigenvalue weighted by Crippen LogP contribution is 2.25. The molecule has 2 aromatic rings. The molecule has 1 saturated heterocycles. The molecule has 1 aliphatic rings. The monoisotopic (exact) mass is 405 g/mol. The van der Waals surface area contributed by atoms with Gasteiger partial charge in [-0.1, -0.05) is 12.1 Å². The molecule has 6 heteroatoms. The van der Waals surface area contributed by atoms with Gasteiger partial charge in [0.25, 0.3) is 0 Å². The van der Waals surface area contributed by atoms with Crippen LogP contribution < -0.4 is 15.0 Å². The zero-order valence-corrected chi connectivity index (χ0v) is 16.3. The molecule has 0 aliphatic carbocycles. The van der Waals surface area contributed by atoms with Crippen LogP contribution in [-0.2, 0) is 17.8 Å². The van der Waals surface area contributed by atoms with E-state index < -0.39 is 0 Å². The van der Waals surface area contributed by atoms with Crippen molar-refractivity contribution in [2.75, 3.05) is 31.7 Å². The molecule has 3 rings (SSSR count). The lowest BCUT2D eigenvalue weighted by Gasteiger charge is -2.32. The minimum Gasteiger partial charge on any atom is -0.496 e. The number of nitrogens with one attached hydrogen (secondary N) is 1. The molecule has 0 amide bonds. The highest BCUT2D eigenvalue weighted by Gasteiger charge is 2.17. The highest BCUT2D eigenvalue weighted by atomic mass is 79.9. The Hall–Kier alpha value is -1.63. The van der Waals surface area contributed by atoms with Crippen molar-refractivity contribution in [2.45, 2.75) is 26.1 Å². The van der Waals surface area contributed by atoms with E-state index in [1.807, 2.05) is 12.3 Å². The van der Waals surface area contributed by atoms with Gasteiger partial charge in [0.2, 0.25) is 0 Å². The lowest BCUT2D eigenvalue weighted by atomic mass is 10.2. The number of hydrogen-bond donors (Lipinski definition) is 1. The third-order valence-electron chi connectivity index (χ3n) is 4.25. The third kappa shape index (κ3) is 4.93. The summed E-state index contributed by atoms with van der Waals surface area (Å²) in [7, 11) is 1.67. The van der Waals surface area contributed by atoms with Gasteiger partial charge in [0.05, 0.1) is 24.3 Å². The second-order valence-corrected chi connectivity index (χ2v) is 7.08. The average Bonchev–Trinajstić information content (AvgIpc) is 2.62. The third-order valence-corrected chi connectivity index (χ3v) is 4.87. The summed E-state index contributed by atoms with van der Waals surface area (Å²) in [5, 5.41) is 3.45. The van der Waals surface area contributed by atoms with Crippen molar-refractivity contribution in [1.29, 1.82) is 0 Å². The number of hydrogen-bond acceptors (Lipinski definition) is 5. The molecular weight excluding hydrogens is 382 g/mol. The fourth-order valence-electron chi connectivity index (χ4n) is 2.91. The Morgan fingerprint density at radius 2 is 2.08 bits per heavy atom. The van der Waals surface area contributed by atoms with Crippen LogP contribution in [0.25, 0.3) is 0 Å².